The molecule has 0 fully saturated rings. The fraction of sp³-hybridized carbons (Fsp3) is 0.462. The Kier molecular flexibility index (Phi) is 5.17. The van der Waals surface area contributed by atoms with Crippen molar-refractivity contribution in [2.75, 3.05) is 24.2 Å². The van der Waals surface area contributed by atoms with E-state index >= 15 is 0 Å². The molecular formula is C13H19ClN6. The van der Waals surface area contributed by atoms with Crippen LogP contribution in [0.5, 0.6) is 0 Å². The number of nitrogens with one attached hydrogen (secondary N) is 2. The highest BCUT2D eigenvalue weighted by Crippen LogP contribution is 2.25. The number of halogens is 1. The predicted octanol–water partition coefficient (Wildman–Crippen LogP) is 2.57. The Bertz CT molecular complexity index is 554. The minimum atomic E-state index is 0.430. The number of aryl methyl sites for hydroxylation is 2. The Morgan fingerprint density at radius 1 is 1.25 bits per heavy atom. The molecular weight excluding hydrogens is 276 g/mol. The third-order valence-electron chi connectivity index (χ3n) is 3.09. The van der Waals surface area contributed by atoms with Crippen molar-refractivity contribution in [1.82, 2.24) is 19.5 Å². The van der Waals surface area contributed by atoms with Gasteiger partial charge in [0.05, 0.1) is 0 Å². The van der Waals surface area contributed by atoms with Crippen LogP contribution in [0, 0.1) is 6.92 Å². The Morgan fingerprint density at radius 3 is 2.80 bits per heavy atom. The summed E-state index contributed by atoms with van der Waals surface area (Å²) in [5, 5.41) is 6.71. The van der Waals surface area contributed by atoms with Gasteiger partial charge >= 0.3 is 0 Å². The van der Waals surface area contributed by atoms with Gasteiger partial charge in [0, 0.05) is 32.5 Å². The summed E-state index contributed by atoms with van der Waals surface area (Å²) in [5.74, 6) is 1.80. The van der Waals surface area contributed by atoms with Gasteiger partial charge in [0.2, 0.25) is 0 Å². The van der Waals surface area contributed by atoms with Gasteiger partial charge in [0.1, 0.15) is 17.8 Å². The van der Waals surface area contributed by atoms with Crippen molar-refractivity contribution >= 4 is 23.1 Å². The molecule has 2 N–H and O–H groups in total. The lowest BCUT2D eigenvalue weighted by molar-refractivity contribution is 0.607. The summed E-state index contributed by atoms with van der Waals surface area (Å²) in [5.41, 5.74) is 0.736. The number of unbranched alkanes of at least 4 members (excludes halogenated alkanes) is 1. The third kappa shape index (κ3) is 3.60. The zero-order valence-electron chi connectivity index (χ0n) is 11.7. The predicted molar refractivity (Wildman–Crippen MR) is 81.3 cm³/mol. The highest BCUT2D eigenvalue weighted by molar-refractivity contribution is 6.32. The van der Waals surface area contributed by atoms with Crippen molar-refractivity contribution < 1.29 is 0 Å². The minimum absolute atomic E-state index is 0.430. The van der Waals surface area contributed by atoms with Gasteiger partial charge in [0.15, 0.2) is 11.0 Å². The minimum Gasteiger partial charge on any atom is -0.383 e. The first-order valence-corrected chi connectivity index (χ1v) is 7.00. The molecule has 7 heteroatoms. The van der Waals surface area contributed by atoms with Gasteiger partial charge in [-0.15, -0.1) is 0 Å². The van der Waals surface area contributed by atoms with Gasteiger partial charge < -0.3 is 15.2 Å². The number of aromatic nitrogens is 4. The molecule has 0 radical (unpaired) electrons. The molecule has 0 atom stereocenters. The molecule has 20 heavy (non-hydrogen) atoms. The van der Waals surface area contributed by atoms with Crippen LogP contribution in [0.15, 0.2) is 18.7 Å². The molecule has 6 nitrogen and oxygen atoms in total. The zero-order chi connectivity index (χ0) is 14.4. The van der Waals surface area contributed by atoms with Gasteiger partial charge in [-0.3, -0.25) is 0 Å². The van der Waals surface area contributed by atoms with Crippen molar-refractivity contribution in [3.63, 3.8) is 0 Å². The maximum atomic E-state index is 5.99. The number of nitrogens with zero attached hydrogens (tertiary/aromatic N) is 4. The molecule has 0 aliphatic heterocycles. The van der Waals surface area contributed by atoms with Gasteiger partial charge in [0.25, 0.3) is 0 Å². The van der Waals surface area contributed by atoms with Crippen LogP contribution in [-0.2, 0) is 6.54 Å². The molecule has 0 saturated heterocycles. The number of imidazole rings is 1. The van der Waals surface area contributed by atoms with E-state index in [1.165, 1.54) is 6.33 Å². The van der Waals surface area contributed by atoms with E-state index in [2.05, 4.69) is 30.2 Å². The SMILES string of the molecule is CNc1c(Cl)ncnc1NCCCCn1ccnc1C. The van der Waals surface area contributed by atoms with Crippen LogP contribution in [0.4, 0.5) is 11.5 Å². The van der Waals surface area contributed by atoms with Crippen LogP contribution in [0.2, 0.25) is 5.15 Å². The molecule has 0 bridgehead atoms. The van der Waals surface area contributed by atoms with E-state index in [1.54, 1.807) is 7.05 Å². The molecule has 0 aliphatic rings. The Labute approximate surface area is 123 Å². The number of hydrogen-bond donors (Lipinski definition) is 2. The summed E-state index contributed by atoms with van der Waals surface area (Å²) in [6.07, 6.45) is 7.42. The average molecular weight is 295 g/mol. The fourth-order valence-electron chi connectivity index (χ4n) is 1.97. The maximum absolute atomic E-state index is 5.99. The van der Waals surface area contributed by atoms with E-state index in [9.17, 15) is 0 Å². The molecule has 0 amide bonds. The van der Waals surface area contributed by atoms with Gasteiger partial charge in [-0.25, -0.2) is 15.0 Å². The van der Waals surface area contributed by atoms with Crippen LogP contribution in [0.3, 0.4) is 0 Å². The lowest BCUT2D eigenvalue weighted by Crippen LogP contribution is -2.08. The van der Waals surface area contributed by atoms with E-state index in [1.807, 2.05) is 19.3 Å². The second kappa shape index (κ2) is 7.09. The molecule has 0 saturated carbocycles. The molecule has 2 rings (SSSR count). The summed E-state index contributed by atoms with van der Waals surface area (Å²) in [4.78, 5) is 12.3. The first-order chi connectivity index (χ1) is 9.72. The van der Waals surface area contributed by atoms with Crippen molar-refractivity contribution in [3.8, 4) is 0 Å². The van der Waals surface area contributed by atoms with E-state index < -0.39 is 0 Å². The molecule has 2 heterocycles. The number of anilines is 2. The Morgan fingerprint density at radius 2 is 2.10 bits per heavy atom. The molecule has 0 spiro atoms. The Balaban J connectivity index is 1.76. The topological polar surface area (TPSA) is 67.7 Å². The summed E-state index contributed by atoms with van der Waals surface area (Å²) in [7, 11) is 1.80. The highest BCUT2D eigenvalue weighted by Gasteiger charge is 2.07. The lowest BCUT2D eigenvalue weighted by atomic mass is 10.3. The third-order valence-corrected chi connectivity index (χ3v) is 3.38. The highest BCUT2D eigenvalue weighted by atomic mass is 35.5. The average Bonchev–Trinajstić information content (AvgIpc) is 2.84. The van der Waals surface area contributed by atoms with Crippen LogP contribution < -0.4 is 10.6 Å². The van der Waals surface area contributed by atoms with Crippen LogP contribution in [-0.4, -0.2) is 33.1 Å². The van der Waals surface area contributed by atoms with E-state index in [4.69, 9.17) is 11.6 Å². The monoisotopic (exact) mass is 294 g/mol. The van der Waals surface area contributed by atoms with Crippen LogP contribution in [0.1, 0.15) is 18.7 Å². The van der Waals surface area contributed by atoms with E-state index in [0.29, 0.717) is 5.15 Å². The second-order valence-electron chi connectivity index (χ2n) is 4.44. The van der Waals surface area contributed by atoms with Crippen molar-refractivity contribution in [3.05, 3.63) is 29.7 Å². The quantitative estimate of drug-likeness (QED) is 0.607. The van der Waals surface area contributed by atoms with Crippen molar-refractivity contribution in [2.45, 2.75) is 26.3 Å². The Hall–Kier alpha value is -1.82. The molecule has 0 unspecified atom stereocenters. The number of hydrogen-bond acceptors (Lipinski definition) is 5. The smallest absolute Gasteiger partial charge is 0.157 e. The molecule has 0 aromatic carbocycles. The maximum Gasteiger partial charge on any atom is 0.157 e. The summed E-state index contributed by atoms with van der Waals surface area (Å²) >= 11 is 5.99. The lowest BCUT2D eigenvalue weighted by Gasteiger charge is -2.11. The van der Waals surface area contributed by atoms with Gasteiger partial charge in [-0.2, -0.15) is 0 Å². The fourth-order valence-corrected chi connectivity index (χ4v) is 2.20. The zero-order valence-corrected chi connectivity index (χ0v) is 12.5. The molecule has 0 aliphatic carbocycles. The first-order valence-electron chi connectivity index (χ1n) is 6.62. The summed E-state index contributed by atoms with van der Waals surface area (Å²) in [6, 6.07) is 0. The van der Waals surface area contributed by atoms with E-state index in [0.717, 1.165) is 43.3 Å². The normalized spacial score (nSPS) is 10.6. The second-order valence-corrected chi connectivity index (χ2v) is 4.80. The summed E-state index contributed by atoms with van der Waals surface area (Å²) < 4.78 is 2.15. The van der Waals surface area contributed by atoms with Crippen LogP contribution in [0.25, 0.3) is 0 Å². The van der Waals surface area contributed by atoms with Crippen molar-refractivity contribution in [1.29, 1.82) is 0 Å². The molecule has 2 aromatic heterocycles. The molecule has 2 aromatic rings. The van der Waals surface area contributed by atoms with Gasteiger partial charge in [-0.1, -0.05) is 11.6 Å². The molecule has 108 valence electrons. The largest absolute Gasteiger partial charge is 0.383 e. The van der Waals surface area contributed by atoms with Crippen molar-refractivity contribution in [2.24, 2.45) is 0 Å². The van der Waals surface area contributed by atoms with E-state index in [-0.39, 0.29) is 0 Å². The first kappa shape index (κ1) is 14.6. The number of rotatable bonds is 7. The van der Waals surface area contributed by atoms with Crippen LogP contribution >= 0.6 is 11.6 Å². The summed E-state index contributed by atoms with van der Waals surface area (Å²) in [6.45, 7) is 3.84. The van der Waals surface area contributed by atoms with Gasteiger partial charge in [-0.05, 0) is 19.8 Å². The standard InChI is InChI=1S/C13H19ClN6/c1-10-16-6-8-20(10)7-4-3-5-17-13-11(15-2)12(14)18-9-19-13/h6,8-9,15H,3-5,7H2,1-2H3,(H,17,18,19).